The van der Waals surface area contributed by atoms with E-state index in [2.05, 4.69) is 20.4 Å². The van der Waals surface area contributed by atoms with Crippen LogP contribution >= 0.6 is 12.4 Å². The standard InChI is InChI=1S/C7H15N.ClH/c1-4-7(8)5-6(2)3;/h4,6-7H,1,5,8H2,2-3H3;1H. The second-order valence-corrected chi connectivity index (χ2v) is 2.53. The van der Waals surface area contributed by atoms with Crippen molar-refractivity contribution in [2.24, 2.45) is 11.7 Å². The van der Waals surface area contributed by atoms with E-state index in [1.807, 2.05) is 0 Å². The maximum absolute atomic E-state index is 5.56. The molecule has 1 atom stereocenters. The van der Waals surface area contributed by atoms with Gasteiger partial charge in [-0.2, -0.15) is 0 Å². The molecule has 0 aliphatic rings. The fourth-order valence-corrected chi connectivity index (χ4v) is 0.641. The topological polar surface area (TPSA) is 26.0 Å². The van der Waals surface area contributed by atoms with Gasteiger partial charge in [-0.3, -0.25) is 0 Å². The summed E-state index contributed by atoms with van der Waals surface area (Å²) < 4.78 is 0. The summed E-state index contributed by atoms with van der Waals surface area (Å²) in [5, 5.41) is 0. The molecule has 0 saturated heterocycles. The van der Waals surface area contributed by atoms with E-state index < -0.39 is 0 Å². The second-order valence-electron chi connectivity index (χ2n) is 2.53. The lowest BCUT2D eigenvalue weighted by atomic mass is 10.1. The van der Waals surface area contributed by atoms with Crippen molar-refractivity contribution in [2.45, 2.75) is 26.3 Å². The molecule has 0 aliphatic heterocycles. The van der Waals surface area contributed by atoms with E-state index in [1.165, 1.54) is 0 Å². The van der Waals surface area contributed by atoms with Crippen molar-refractivity contribution in [3.63, 3.8) is 0 Å². The van der Waals surface area contributed by atoms with Gasteiger partial charge in [0, 0.05) is 6.04 Å². The zero-order valence-corrected chi connectivity index (χ0v) is 6.95. The lowest BCUT2D eigenvalue weighted by molar-refractivity contribution is 0.547. The van der Waals surface area contributed by atoms with Crippen LogP contribution in [0.15, 0.2) is 12.7 Å². The summed E-state index contributed by atoms with van der Waals surface area (Å²) in [6.45, 7) is 7.90. The van der Waals surface area contributed by atoms with Crippen LogP contribution in [0.1, 0.15) is 20.3 Å². The number of rotatable bonds is 3. The molecule has 0 spiro atoms. The maximum atomic E-state index is 5.56. The molecule has 9 heavy (non-hydrogen) atoms. The van der Waals surface area contributed by atoms with E-state index in [9.17, 15) is 0 Å². The van der Waals surface area contributed by atoms with Crippen LogP contribution in [0.4, 0.5) is 0 Å². The minimum absolute atomic E-state index is 0. The van der Waals surface area contributed by atoms with Crippen molar-refractivity contribution >= 4 is 12.4 Å². The highest BCUT2D eigenvalue weighted by Gasteiger charge is 1.98. The zero-order valence-electron chi connectivity index (χ0n) is 6.13. The van der Waals surface area contributed by atoms with Crippen molar-refractivity contribution in [1.29, 1.82) is 0 Å². The van der Waals surface area contributed by atoms with Crippen LogP contribution in [0.25, 0.3) is 0 Å². The fraction of sp³-hybridized carbons (Fsp3) is 0.714. The Morgan fingerprint density at radius 3 is 2.11 bits per heavy atom. The Morgan fingerprint density at radius 1 is 1.56 bits per heavy atom. The number of hydrogen-bond acceptors (Lipinski definition) is 1. The Hall–Kier alpha value is -0.0100. The molecule has 0 rings (SSSR count). The van der Waals surface area contributed by atoms with Crippen LogP contribution in [0.5, 0.6) is 0 Å². The van der Waals surface area contributed by atoms with Crippen LogP contribution in [-0.4, -0.2) is 6.04 Å². The highest BCUT2D eigenvalue weighted by atomic mass is 35.5. The highest BCUT2D eigenvalue weighted by Crippen LogP contribution is 2.01. The Balaban J connectivity index is 0. The zero-order chi connectivity index (χ0) is 6.57. The maximum Gasteiger partial charge on any atom is 0.0223 e. The van der Waals surface area contributed by atoms with Gasteiger partial charge in [0.25, 0.3) is 0 Å². The molecule has 2 N–H and O–H groups in total. The van der Waals surface area contributed by atoms with Gasteiger partial charge < -0.3 is 5.73 Å². The Labute approximate surface area is 63.7 Å². The summed E-state index contributed by atoms with van der Waals surface area (Å²) in [6.07, 6.45) is 2.84. The first-order valence-electron chi connectivity index (χ1n) is 3.05. The Morgan fingerprint density at radius 2 is 2.00 bits per heavy atom. The minimum Gasteiger partial charge on any atom is -0.324 e. The molecule has 1 nitrogen and oxygen atoms in total. The van der Waals surface area contributed by atoms with E-state index in [4.69, 9.17) is 5.73 Å². The molecule has 0 aromatic carbocycles. The number of halogens is 1. The van der Waals surface area contributed by atoms with Gasteiger partial charge in [0.15, 0.2) is 0 Å². The molecule has 1 unspecified atom stereocenters. The molecule has 2 heteroatoms. The molecule has 0 amide bonds. The average Bonchev–Trinajstić information content (AvgIpc) is 1.65. The lowest BCUT2D eigenvalue weighted by Crippen LogP contribution is -2.18. The van der Waals surface area contributed by atoms with Crippen LogP contribution < -0.4 is 5.73 Å². The van der Waals surface area contributed by atoms with Crippen molar-refractivity contribution < 1.29 is 0 Å². The van der Waals surface area contributed by atoms with E-state index in [-0.39, 0.29) is 18.4 Å². The van der Waals surface area contributed by atoms with Crippen molar-refractivity contribution in [1.82, 2.24) is 0 Å². The first-order valence-corrected chi connectivity index (χ1v) is 3.05. The van der Waals surface area contributed by atoms with Crippen LogP contribution in [0, 0.1) is 5.92 Å². The summed E-state index contributed by atoms with van der Waals surface area (Å²) >= 11 is 0. The summed E-state index contributed by atoms with van der Waals surface area (Å²) in [5.74, 6) is 0.683. The third-order valence-electron chi connectivity index (χ3n) is 1.05. The SMILES string of the molecule is C=CC(N)CC(C)C.Cl. The monoisotopic (exact) mass is 149 g/mol. The van der Waals surface area contributed by atoms with Crippen LogP contribution in [-0.2, 0) is 0 Å². The summed E-state index contributed by atoms with van der Waals surface area (Å²) in [5.41, 5.74) is 5.56. The molecular weight excluding hydrogens is 134 g/mol. The number of nitrogens with two attached hydrogens (primary N) is 1. The van der Waals surface area contributed by atoms with Crippen molar-refractivity contribution in [2.75, 3.05) is 0 Å². The third kappa shape index (κ3) is 7.99. The van der Waals surface area contributed by atoms with E-state index in [0.29, 0.717) is 5.92 Å². The molecular formula is C7H16ClN. The fourth-order valence-electron chi connectivity index (χ4n) is 0.641. The first-order chi connectivity index (χ1) is 3.66. The van der Waals surface area contributed by atoms with E-state index >= 15 is 0 Å². The Kier molecular flexibility index (Phi) is 7.98. The summed E-state index contributed by atoms with van der Waals surface area (Å²) in [6, 6.07) is 0.190. The second kappa shape index (κ2) is 6.12. The predicted octanol–water partition coefficient (Wildman–Crippen LogP) is 1.97. The Bertz CT molecular complexity index is 71.3. The highest BCUT2D eigenvalue weighted by molar-refractivity contribution is 5.85. The molecule has 0 aromatic heterocycles. The lowest BCUT2D eigenvalue weighted by Gasteiger charge is -2.07. The smallest absolute Gasteiger partial charge is 0.0223 e. The van der Waals surface area contributed by atoms with Gasteiger partial charge in [0.2, 0.25) is 0 Å². The molecule has 0 bridgehead atoms. The van der Waals surface area contributed by atoms with Crippen molar-refractivity contribution in [3.8, 4) is 0 Å². The number of hydrogen-bond donors (Lipinski definition) is 1. The molecule has 0 fully saturated rings. The van der Waals surface area contributed by atoms with Gasteiger partial charge in [-0.25, -0.2) is 0 Å². The third-order valence-corrected chi connectivity index (χ3v) is 1.05. The summed E-state index contributed by atoms with van der Waals surface area (Å²) in [7, 11) is 0. The summed E-state index contributed by atoms with van der Waals surface area (Å²) in [4.78, 5) is 0. The van der Waals surface area contributed by atoms with Crippen LogP contribution in [0.2, 0.25) is 0 Å². The first kappa shape index (κ1) is 11.7. The van der Waals surface area contributed by atoms with Gasteiger partial charge in [-0.15, -0.1) is 19.0 Å². The molecule has 0 aromatic rings. The van der Waals surface area contributed by atoms with Crippen molar-refractivity contribution in [3.05, 3.63) is 12.7 Å². The predicted molar refractivity (Wildman–Crippen MR) is 44.9 cm³/mol. The molecule has 56 valence electrons. The molecule has 0 radical (unpaired) electrons. The minimum atomic E-state index is 0. The quantitative estimate of drug-likeness (QED) is 0.611. The van der Waals surface area contributed by atoms with Gasteiger partial charge >= 0.3 is 0 Å². The largest absolute Gasteiger partial charge is 0.324 e. The normalized spacial score (nSPS) is 12.4. The van der Waals surface area contributed by atoms with Crippen LogP contribution in [0.3, 0.4) is 0 Å². The molecule has 0 heterocycles. The van der Waals surface area contributed by atoms with Gasteiger partial charge in [0.1, 0.15) is 0 Å². The van der Waals surface area contributed by atoms with E-state index in [0.717, 1.165) is 6.42 Å². The molecule has 0 saturated carbocycles. The van der Waals surface area contributed by atoms with Gasteiger partial charge in [-0.1, -0.05) is 19.9 Å². The van der Waals surface area contributed by atoms with E-state index in [1.54, 1.807) is 6.08 Å². The van der Waals surface area contributed by atoms with Gasteiger partial charge in [-0.05, 0) is 12.3 Å². The average molecular weight is 150 g/mol. The van der Waals surface area contributed by atoms with Gasteiger partial charge in [0.05, 0.1) is 0 Å². The molecule has 0 aliphatic carbocycles.